The fourth-order valence-corrected chi connectivity index (χ4v) is 2.83. The second-order valence-electron chi connectivity index (χ2n) is 4.24. The van der Waals surface area contributed by atoms with Crippen LogP contribution in [0.3, 0.4) is 0 Å². The summed E-state index contributed by atoms with van der Waals surface area (Å²) in [6.07, 6.45) is 7.95. The van der Waals surface area contributed by atoms with Crippen LogP contribution in [-0.4, -0.2) is 15.9 Å². The van der Waals surface area contributed by atoms with Crippen LogP contribution in [-0.2, 0) is 6.42 Å². The molecule has 0 aliphatic heterocycles. The molecule has 15 heavy (non-hydrogen) atoms. The zero-order chi connectivity index (χ0) is 10.5. The average molecular weight is 225 g/mol. The quantitative estimate of drug-likeness (QED) is 0.836. The number of hydrogen-bond acceptors (Lipinski definition) is 4. The van der Waals surface area contributed by atoms with Gasteiger partial charge >= 0.3 is 0 Å². The highest BCUT2D eigenvalue weighted by atomic mass is 32.1. The lowest BCUT2D eigenvalue weighted by atomic mass is 10.0. The summed E-state index contributed by atoms with van der Waals surface area (Å²) in [5.74, 6) is 1.92. The van der Waals surface area contributed by atoms with Crippen molar-refractivity contribution < 1.29 is 0 Å². The van der Waals surface area contributed by atoms with Crippen LogP contribution in [0.25, 0.3) is 0 Å². The molecule has 0 amide bonds. The Morgan fingerprint density at radius 2 is 2.20 bits per heavy atom. The molecule has 84 valence electrons. The number of hydrogen-bond donors (Lipinski definition) is 1. The molecule has 0 saturated heterocycles. The third-order valence-electron chi connectivity index (χ3n) is 3.09. The van der Waals surface area contributed by atoms with Crippen molar-refractivity contribution >= 4 is 16.7 Å². The van der Waals surface area contributed by atoms with E-state index < -0.39 is 0 Å². The van der Waals surface area contributed by atoms with Crippen molar-refractivity contribution in [2.45, 2.75) is 45.4 Å². The number of aromatic nitrogens is 2. The minimum atomic E-state index is 0.931. The zero-order valence-corrected chi connectivity index (χ0v) is 10.1. The molecule has 0 bridgehead atoms. The summed E-state index contributed by atoms with van der Waals surface area (Å²) in [5, 5.41) is 4.36. The zero-order valence-electron chi connectivity index (χ0n) is 9.33. The van der Waals surface area contributed by atoms with Gasteiger partial charge in [0, 0.05) is 24.5 Å². The van der Waals surface area contributed by atoms with Gasteiger partial charge in [0.25, 0.3) is 0 Å². The van der Waals surface area contributed by atoms with Crippen LogP contribution in [0.1, 0.15) is 44.9 Å². The van der Waals surface area contributed by atoms with Crippen LogP contribution in [0, 0.1) is 5.92 Å². The van der Waals surface area contributed by atoms with E-state index in [0.29, 0.717) is 0 Å². The molecule has 1 aromatic rings. The van der Waals surface area contributed by atoms with Crippen LogP contribution in [0.5, 0.6) is 0 Å². The van der Waals surface area contributed by atoms with Crippen molar-refractivity contribution in [3.05, 3.63) is 5.82 Å². The summed E-state index contributed by atoms with van der Waals surface area (Å²) < 4.78 is 4.25. The summed E-state index contributed by atoms with van der Waals surface area (Å²) >= 11 is 1.48. The van der Waals surface area contributed by atoms with E-state index in [4.69, 9.17) is 0 Å². The Bertz CT molecular complexity index is 292. The molecule has 1 aromatic heterocycles. The SMILES string of the molecule is CCc1nsc(NCCC2CCCC2)n1. The summed E-state index contributed by atoms with van der Waals surface area (Å²) in [7, 11) is 0. The maximum atomic E-state index is 4.39. The first-order valence-corrected chi connectivity index (χ1v) is 6.72. The van der Waals surface area contributed by atoms with Gasteiger partial charge in [0.05, 0.1) is 0 Å². The van der Waals surface area contributed by atoms with E-state index in [1.54, 1.807) is 0 Å². The number of nitrogens with one attached hydrogen (secondary N) is 1. The molecule has 0 aromatic carbocycles. The van der Waals surface area contributed by atoms with Crippen LogP contribution >= 0.6 is 11.5 Å². The Kier molecular flexibility index (Phi) is 3.94. The molecule has 1 saturated carbocycles. The van der Waals surface area contributed by atoms with Gasteiger partial charge in [0.2, 0.25) is 5.13 Å². The predicted octanol–water partition coefficient (Wildman–Crippen LogP) is 3.09. The molecule has 2 rings (SSSR count). The Hall–Kier alpha value is -0.640. The van der Waals surface area contributed by atoms with E-state index in [-0.39, 0.29) is 0 Å². The van der Waals surface area contributed by atoms with E-state index >= 15 is 0 Å². The molecule has 3 nitrogen and oxygen atoms in total. The maximum absolute atomic E-state index is 4.39. The van der Waals surface area contributed by atoms with Crippen LogP contribution in [0.2, 0.25) is 0 Å². The molecule has 1 N–H and O–H groups in total. The first kappa shape index (κ1) is 10.9. The summed E-state index contributed by atoms with van der Waals surface area (Å²) in [4.78, 5) is 4.39. The van der Waals surface area contributed by atoms with Gasteiger partial charge in [-0.2, -0.15) is 4.37 Å². The average Bonchev–Trinajstić information content (AvgIpc) is 2.88. The van der Waals surface area contributed by atoms with Crippen molar-refractivity contribution in [1.82, 2.24) is 9.36 Å². The van der Waals surface area contributed by atoms with Gasteiger partial charge in [-0.3, -0.25) is 0 Å². The van der Waals surface area contributed by atoms with Crippen LogP contribution in [0.15, 0.2) is 0 Å². The normalized spacial score (nSPS) is 17.1. The van der Waals surface area contributed by atoms with Crippen LogP contribution < -0.4 is 5.32 Å². The molecule has 1 aliphatic carbocycles. The van der Waals surface area contributed by atoms with Crippen molar-refractivity contribution in [3.8, 4) is 0 Å². The summed E-state index contributed by atoms with van der Waals surface area (Å²) in [5.41, 5.74) is 0. The molecule has 0 unspecified atom stereocenters. The lowest BCUT2D eigenvalue weighted by Crippen LogP contribution is -2.06. The highest BCUT2D eigenvalue weighted by molar-refractivity contribution is 7.09. The molecule has 1 heterocycles. The van der Waals surface area contributed by atoms with Gasteiger partial charge in [0.15, 0.2) is 0 Å². The molecule has 4 heteroatoms. The molecule has 1 aliphatic rings. The molecule has 0 atom stereocenters. The summed E-state index contributed by atoms with van der Waals surface area (Å²) in [6, 6.07) is 0. The molecule has 0 radical (unpaired) electrons. The first-order valence-electron chi connectivity index (χ1n) is 5.95. The van der Waals surface area contributed by atoms with E-state index in [1.165, 1.54) is 43.6 Å². The number of rotatable bonds is 5. The highest BCUT2D eigenvalue weighted by Crippen LogP contribution is 2.27. The van der Waals surface area contributed by atoms with Gasteiger partial charge in [-0.1, -0.05) is 32.6 Å². The second-order valence-corrected chi connectivity index (χ2v) is 4.99. The first-order chi connectivity index (χ1) is 7.38. The van der Waals surface area contributed by atoms with Crippen molar-refractivity contribution in [2.75, 3.05) is 11.9 Å². The lowest BCUT2D eigenvalue weighted by Gasteiger charge is -2.08. The minimum Gasteiger partial charge on any atom is -0.360 e. The number of nitrogens with zero attached hydrogens (tertiary/aromatic N) is 2. The predicted molar refractivity (Wildman–Crippen MR) is 64.4 cm³/mol. The molecule has 0 spiro atoms. The molecular formula is C11H19N3S. The number of anilines is 1. The van der Waals surface area contributed by atoms with Gasteiger partial charge in [-0.05, 0) is 12.3 Å². The van der Waals surface area contributed by atoms with Crippen molar-refractivity contribution in [2.24, 2.45) is 5.92 Å². The topological polar surface area (TPSA) is 37.8 Å². The van der Waals surface area contributed by atoms with E-state index in [0.717, 1.165) is 29.8 Å². The van der Waals surface area contributed by atoms with E-state index in [9.17, 15) is 0 Å². The Morgan fingerprint density at radius 3 is 2.87 bits per heavy atom. The Balaban J connectivity index is 1.68. The van der Waals surface area contributed by atoms with E-state index in [2.05, 4.69) is 21.6 Å². The summed E-state index contributed by atoms with van der Waals surface area (Å²) in [6.45, 7) is 3.15. The maximum Gasteiger partial charge on any atom is 0.202 e. The largest absolute Gasteiger partial charge is 0.360 e. The highest BCUT2D eigenvalue weighted by Gasteiger charge is 2.14. The third-order valence-corrected chi connectivity index (χ3v) is 3.80. The fourth-order valence-electron chi connectivity index (χ4n) is 2.15. The van der Waals surface area contributed by atoms with Gasteiger partial charge in [-0.15, -0.1) is 0 Å². The minimum absolute atomic E-state index is 0.931. The molecular weight excluding hydrogens is 206 g/mol. The van der Waals surface area contributed by atoms with Gasteiger partial charge in [-0.25, -0.2) is 4.98 Å². The standard InChI is InChI=1S/C11H19N3S/c1-2-10-13-11(15-14-10)12-8-7-9-5-3-4-6-9/h9H,2-8H2,1H3,(H,12,13,14). The third kappa shape index (κ3) is 3.16. The smallest absolute Gasteiger partial charge is 0.202 e. The lowest BCUT2D eigenvalue weighted by molar-refractivity contribution is 0.518. The Labute approximate surface area is 95.5 Å². The van der Waals surface area contributed by atoms with Gasteiger partial charge < -0.3 is 5.32 Å². The van der Waals surface area contributed by atoms with Crippen LogP contribution in [0.4, 0.5) is 5.13 Å². The van der Waals surface area contributed by atoms with Gasteiger partial charge in [0.1, 0.15) is 5.82 Å². The fraction of sp³-hybridized carbons (Fsp3) is 0.818. The Morgan fingerprint density at radius 1 is 1.40 bits per heavy atom. The second kappa shape index (κ2) is 5.45. The van der Waals surface area contributed by atoms with Crippen molar-refractivity contribution in [3.63, 3.8) is 0 Å². The van der Waals surface area contributed by atoms with Crippen molar-refractivity contribution in [1.29, 1.82) is 0 Å². The number of aryl methyl sites for hydroxylation is 1. The van der Waals surface area contributed by atoms with E-state index in [1.807, 2.05) is 0 Å². The monoisotopic (exact) mass is 225 g/mol. The molecule has 1 fully saturated rings.